The average Bonchev–Trinajstić information content (AvgIpc) is 2.17. The highest BCUT2D eigenvalue weighted by Crippen LogP contribution is 2.31. The summed E-state index contributed by atoms with van der Waals surface area (Å²) in [5, 5.41) is 2.64. The molecule has 0 fully saturated rings. The van der Waals surface area contributed by atoms with E-state index in [4.69, 9.17) is 0 Å². The standard InChI is InChI=1S/C12H10Br2/c1-7-9-3-6-12(14)8(2)10(9)4-5-11(7)13/h3-6H,1-2H3. The second kappa shape index (κ2) is 3.67. The van der Waals surface area contributed by atoms with E-state index in [0.29, 0.717) is 0 Å². The van der Waals surface area contributed by atoms with E-state index in [1.165, 1.54) is 30.8 Å². The van der Waals surface area contributed by atoms with Gasteiger partial charge in [-0.2, -0.15) is 0 Å². The van der Waals surface area contributed by atoms with Gasteiger partial charge in [-0.05, 0) is 47.9 Å². The predicted molar refractivity (Wildman–Crippen MR) is 68.8 cm³/mol. The smallest absolute Gasteiger partial charge is 0.0210 e. The molecular weight excluding hydrogens is 304 g/mol. The van der Waals surface area contributed by atoms with Crippen molar-refractivity contribution >= 4 is 42.6 Å². The lowest BCUT2D eigenvalue weighted by Crippen LogP contribution is -1.84. The van der Waals surface area contributed by atoms with E-state index in [0.717, 1.165) is 0 Å². The van der Waals surface area contributed by atoms with Crippen molar-refractivity contribution in [2.75, 3.05) is 0 Å². The molecule has 0 atom stereocenters. The molecule has 2 aromatic rings. The molecule has 2 aromatic carbocycles. The van der Waals surface area contributed by atoms with Gasteiger partial charge in [-0.1, -0.05) is 44.0 Å². The van der Waals surface area contributed by atoms with Crippen molar-refractivity contribution in [3.8, 4) is 0 Å². The van der Waals surface area contributed by atoms with Crippen molar-refractivity contribution < 1.29 is 0 Å². The number of aryl methyl sites for hydroxylation is 2. The molecule has 0 saturated heterocycles. The third-order valence-corrected chi connectivity index (χ3v) is 4.33. The van der Waals surface area contributed by atoms with Crippen LogP contribution in [0, 0.1) is 13.8 Å². The van der Waals surface area contributed by atoms with Crippen LogP contribution in [0.3, 0.4) is 0 Å². The Kier molecular flexibility index (Phi) is 2.67. The van der Waals surface area contributed by atoms with Gasteiger partial charge < -0.3 is 0 Å². The SMILES string of the molecule is Cc1c(Br)ccc2c(C)c(Br)ccc12. The van der Waals surface area contributed by atoms with Crippen molar-refractivity contribution in [2.45, 2.75) is 13.8 Å². The van der Waals surface area contributed by atoms with Crippen LogP contribution < -0.4 is 0 Å². The van der Waals surface area contributed by atoms with Gasteiger partial charge in [0.05, 0.1) is 0 Å². The van der Waals surface area contributed by atoms with Gasteiger partial charge in [0.15, 0.2) is 0 Å². The molecule has 72 valence electrons. The van der Waals surface area contributed by atoms with Crippen LogP contribution in [0.1, 0.15) is 11.1 Å². The molecule has 0 aliphatic heterocycles. The maximum absolute atomic E-state index is 3.55. The number of halogens is 2. The summed E-state index contributed by atoms with van der Waals surface area (Å²) >= 11 is 7.10. The Hall–Kier alpha value is -0.340. The molecule has 0 N–H and O–H groups in total. The lowest BCUT2D eigenvalue weighted by molar-refractivity contribution is 1.44. The summed E-state index contributed by atoms with van der Waals surface area (Å²) in [6, 6.07) is 8.53. The molecule has 14 heavy (non-hydrogen) atoms. The van der Waals surface area contributed by atoms with Crippen LogP contribution in [-0.4, -0.2) is 0 Å². The van der Waals surface area contributed by atoms with Gasteiger partial charge in [0.1, 0.15) is 0 Å². The largest absolute Gasteiger partial charge is 0.0529 e. The molecule has 0 aromatic heterocycles. The van der Waals surface area contributed by atoms with Crippen LogP contribution in [0.15, 0.2) is 33.2 Å². The van der Waals surface area contributed by atoms with Crippen molar-refractivity contribution in [1.82, 2.24) is 0 Å². The summed E-state index contributed by atoms with van der Waals surface area (Å²) in [5.41, 5.74) is 2.61. The molecular formula is C12H10Br2. The highest BCUT2D eigenvalue weighted by atomic mass is 79.9. The van der Waals surface area contributed by atoms with E-state index in [1.807, 2.05) is 0 Å². The second-order valence-electron chi connectivity index (χ2n) is 3.44. The number of hydrogen-bond acceptors (Lipinski definition) is 0. The number of benzene rings is 2. The maximum Gasteiger partial charge on any atom is 0.0210 e. The summed E-state index contributed by atoms with van der Waals surface area (Å²) in [7, 11) is 0. The van der Waals surface area contributed by atoms with Gasteiger partial charge in [0.25, 0.3) is 0 Å². The molecule has 0 spiro atoms. The van der Waals surface area contributed by atoms with E-state index in [1.54, 1.807) is 0 Å². The third kappa shape index (κ3) is 1.51. The summed E-state index contributed by atoms with van der Waals surface area (Å²) in [6.45, 7) is 4.28. The Labute approximate surface area is 101 Å². The van der Waals surface area contributed by atoms with E-state index in [2.05, 4.69) is 70.0 Å². The molecule has 0 aliphatic carbocycles. The van der Waals surface area contributed by atoms with Gasteiger partial charge in [0, 0.05) is 8.95 Å². The zero-order chi connectivity index (χ0) is 10.3. The van der Waals surface area contributed by atoms with Crippen molar-refractivity contribution in [1.29, 1.82) is 0 Å². The van der Waals surface area contributed by atoms with Gasteiger partial charge in [-0.15, -0.1) is 0 Å². The molecule has 0 amide bonds. The van der Waals surface area contributed by atoms with Gasteiger partial charge in [-0.25, -0.2) is 0 Å². The minimum atomic E-state index is 1.17. The summed E-state index contributed by atoms with van der Waals surface area (Å²) in [4.78, 5) is 0. The normalized spacial score (nSPS) is 10.9. The molecule has 0 saturated carbocycles. The summed E-state index contributed by atoms with van der Waals surface area (Å²) in [6.07, 6.45) is 0. The Morgan fingerprint density at radius 2 is 1.07 bits per heavy atom. The Bertz CT molecular complexity index is 454. The topological polar surface area (TPSA) is 0 Å². The lowest BCUT2D eigenvalue weighted by atomic mass is 10.0. The average molecular weight is 314 g/mol. The highest BCUT2D eigenvalue weighted by Gasteiger charge is 2.05. The first-order valence-electron chi connectivity index (χ1n) is 4.45. The van der Waals surface area contributed by atoms with Crippen LogP contribution in [0.5, 0.6) is 0 Å². The molecule has 0 bridgehead atoms. The zero-order valence-corrected chi connectivity index (χ0v) is 11.2. The fourth-order valence-electron chi connectivity index (χ4n) is 1.65. The molecule has 0 radical (unpaired) electrons. The van der Waals surface area contributed by atoms with Gasteiger partial charge in [0.2, 0.25) is 0 Å². The first-order chi connectivity index (χ1) is 6.61. The van der Waals surface area contributed by atoms with E-state index >= 15 is 0 Å². The highest BCUT2D eigenvalue weighted by molar-refractivity contribution is 9.10. The summed E-state index contributed by atoms with van der Waals surface area (Å²) in [5.74, 6) is 0. The Morgan fingerprint density at radius 1 is 0.714 bits per heavy atom. The number of rotatable bonds is 0. The van der Waals surface area contributed by atoms with E-state index in [9.17, 15) is 0 Å². The number of fused-ring (bicyclic) bond motifs is 1. The first-order valence-corrected chi connectivity index (χ1v) is 6.04. The fourth-order valence-corrected chi connectivity index (χ4v) is 2.35. The third-order valence-electron chi connectivity index (χ3n) is 2.61. The molecule has 0 aliphatic rings. The molecule has 0 unspecified atom stereocenters. The van der Waals surface area contributed by atoms with Gasteiger partial charge >= 0.3 is 0 Å². The minimum Gasteiger partial charge on any atom is -0.0529 e. The van der Waals surface area contributed by atoms with E-state index in [-0.39, 0.29) is 0 Å². The van der Waals surface area contributed by atoms with Crippen molar-refractivity contribution in [3.05, 3.63) is 44.3 Å². The van der Waals surface area contributed by atoms with E-state index < -0.39 is 0 Å². The quantitative estimate of drug-likeness (QED) is 0.643. The van der Waals surface area contributed by atoms with Crippen molar-refractivity contribution in [3.63, 3.8) is 0 Å². The monoisotopic (exact) mass is 312 g/mol. The first kappa shape index (κ1) is 10.2. The van der Waals surface area contributed by atoms with Crippen molar-refractivity contribution in [2.24, 2.45) is 0 Å². The zero-order valence-electron chi connectivity index (χ0n) is 8.07. The lowest BCUT2D eigenvalue weighted by Gasteiger charge is -2.08. The Morgan fingerprint density at radius 3 is 1.43 bits per heavy atom. The molecule has 2 rings (SSSR count). The fraction of sp³-hybridized carbons (Fsp3) is 0.167. The number of hydrogen-bond donors (Lipinski definition) is 0. The van der Waals surface area contributed by atoms with Crippen LogP contribution >= 0.6 is 31.9 Å². The summed E-state index contributed by atoms with van der Waals surface area (Å²) < 4.78 is 2.35. The van der Waals surface area contributed by atoms with Crippen LogP contribution in [0.25, 0.3) is 10.8 Å². The molecule has 0 heterocycles. The molecule has 0 nitrogen and oxygen atoms in total. The maximum atomic E-state index is 3.55. The van der Waals surface area contributed by atoms with Crippen LogP contribution in [0.2, 0.25) is 0 Å². The van der Waals surface area contributed by atoms with Gasteiger partial charge in [-0.3, -0.25) is 0 Å². The van der Waals surface area contributed by atoms with Crippen LogP contribution in [0.4, 0.5) is 0 Å². The predicted octanol–water partition coefficient (Wildman–Crippen LogP) is 4.98. The van der Waals surface area contributed by atoms with Crippen LogP contribution in [-0.2, 0) is 0 Å². The second-order valence-corrected chi connectivity index (χ2v) is 5.15. The Balaban J connectivity index is 2.94. The molecule has 2 heteroatoms. The minimum absolute atomic E-state index is 1.17.